The molecule has 0 bridgehead atoms. The number of carboxylic acids is 1. The van der Waals surface area contributed by atoms with E-state index in [1.807, 2.05) is 0 Å². The smallest absolute Gasteiger partial charge is 0.313 e. The Labute approximate surface area is 116 Å². The molecule has 0 amide bonds. The first kappa shape index (κ1) is 14.1. The lowest BCUT2D eigenvalue weighted by molar-refractivity contribution is -0.138. The summed E-state index contributed by atoms with van der Waals surface area (Å²) in [6.07, 6.45) is 1.64. The lowest BCUT2D eigenvalue weighted by atomic mass is 9.94. The van der Waals surface area contributed by atoms with Crippen LogP contribution in [-0.4, -0.2) is 21.0 Å². The number of hydrogen-bond donors (Lipinski definition) is 1. The number of nitrogens with zero attached hydrogens (tertiary/aromatic N) is 2. The van der Waals surface area contributed by atoms with E-state index >= 15 is 0 Å². The number of carboxylic acid groups (broad SMARTS) is 1. The third-order valence-corrected chi connectivity index (χ3v) is 3.12. The summed E-state index contributed by atoms with van der Waals surface area (Å²) < 4.78 is 13.7. The van der Waals surface area contributed by atoms with E-state index in [0.717, 1.165) is 0 Å². The van der Waals surface area contributed by atoms with Gasteiger partial charge in [0.05, 0.1) is 17.1 Å². The van der Waals surface area contributed by atoms with Gasteiger partial charge in [0.15, 0.2) is 0 Å². The zero-order valence-corrected chi connectivity index (χ0v) is 11.3. The van der Waals surface area contributed by atoms with Crippen LogP contribution in [0.4, 0.5) is 4.39 Å². The molecule has 20 heavy (non-hydrogen) atoms. The number of aliphatic carboxylic acids is 1. The van der Waals surface area contributed by atoms with Gasteiger partial charge in [-0.3, -0.25) is 14.8 Å². The molecule has 0 spiro atoms. The molecule has 0 aliphatic rings. The van der Waals surface area contributed by atoms with E-state index in [4.69, 9.17) is 0 Å². The maximum absolute atomic E-state index is 13.7. The maximum atomic E-state index is 13.7. The zero-order valence-electron chi connectivity index (χ0n) is 11.3. The molecule has 0 radical (unpaired) electrons. The summed E-state index contributed by atoms with van der Waals surface area (Å²) in [7, 11) is 0. The SMILES string of the molecule is Cc1cnc(C)c(C(Cc2ccccc2F)C(=O)O)n1. The normalized spacial score (nSPS) is 12.2. The highest BCUT2D eigenvalue weighted by molar-refractivity contribution is 5.76. The van der Waals surface area contributed by atoms with Crippen LogP contribution in [-0.2, 0) is 11.2 Å². The quantitative estimate of drug-likeness (QED) is 0.931. The van der Waals surface area contributed by atoms with Gasteiger partial charge in [-0.05, 0) is 31.9 Å². The second kappa shape index (κ2) is 5.77. The first-order valence-corrected chi connectivity index (χ1v) is 6.25. The Balaban J connectivity index is 2.40. The Morgan fingerprint density at radius 2 is 2.05 bits per heavy atom. The van der Waals surface area contributed by atoms with Gasteiger partial charge in [0.1, 0.15) is 11.7 Å². The molecule has 1 heterocycles. The molecule has 2 aromatic rings. The molecule has 1 aromatic carbocycles. The molecule has 5 heteroatoms. The molecule has 104 valence electrons. The van der Waals surface area contributed by atoms with Crippen molar-refractivity contribution in [2.45, 2.75) is 26.2 Å². The second-order valence-electron chi connectivity index (χ2n) is 4.67. The van der Waals surface area contributed by atoms with Gasteiger partial charge >= 0.3 is 5.97 Å². The van der Waals surface area contributed by atoms with Crippen molar-refractivity contribution in [1.29, 1.82) is 0 Å². The predicted octanol–water partition coefficient (Wildman–Crippen LogP) is 2.64. The Bertz CT molecular complexity index is 644. The minimum absolute atomic E-state index is 0.0565. The summed E-state index contributed by atoms with van der Waals surface area (Å²) in [5, 5.41) is 9.40. The number of halogens is 1. The monoisotopic (exact) mass is 274 g/mol. The molecule has 1 atom stereocenters. The van der Waals surface area contributed by atoms with Crippen LogP contribution >= 0.6 is 0 Å². The minimum Gasteiger partial charge on any atom is -0.481 e. The van der Waals surface area contributed by atoms with Crippen LogP contribution in [0.15, 0.2) is 30.5 Å². The van der Waals surface area contributed by atoms with Crippen LogP contribution in [0.2, 0.25) is 0 Å². The van der Waals surface area contributed by atoms with Crippen molar-refractivity contribution in [2.24, 2.45) is 0 Å². The van der Waals surface area contributed by atoms with Crippen LogP contribution in [0.1, 0.15) is 28.6 Å². The number of carbonyl (C=O) groups is 1. The zero-order chi connectivity index (χ0) is 14.7. The Morgan fingerprint density at radius 1 is 1.35 bits per heavy atom. The van der Waals surface area contributed by atoms with Gasteiger partial charge < -0.3 is 5.11 Å². The number of aromatic nitrogens is 2. The van der Waals surface area contributed by atoms with Crippen molar-refractivity contribution < 1.29 is 14.3 Å². The van der Waals surface area contributed by atoms with Crippen LogP contribution in [0.5, 0.6) is 0 Å². The summed E-state index contributed by atoms with van der Waals surface area (Å²) in [6.45, 7) is 3.46. The number of benzene rings is 1. The molecule has 1 unspecified atom stereocenters. The molecular weight excluding hydrogens is 259 g/mol. The Kier molecular flexibility index (Phi) is 4.08. The fourth-order valence-electron chi connectivity index (χ4n) is 2.07. The van der Waals surface area contributed by atoms with Gasteiger partial charge in [-0.2, -0.15) is 0 Å². The summed E-state index contributed by atoms with van der Waals surface area (Å²) >= 11 is 0. The summed E-state index contributed by atoms with van der Waals surface area (Å²) in [4.78, 5) is 19.9. The highest BCUT2D eigenvalue weighted by atomic mass is 19.1. The van der Waals surface area contributed by atoms with E-state index in [1.165, 1.54) is 6.07 Å². The fraction of sp³-hybridized carbons (Fsp3) is 0.267. The lowest BCUT2D eigenvalue weighted by Crippen LogP contribution is -2.18. The number of aryl methyl sites for hydroxylation is 2. The molecule has 1 aromatic heterocycles. The highest BCUT2D eigenvalue weighted by Crippen LogP contribution is 2.23. The molecule has 1 N–H and O–H groups in total. The van der Waals surface area contributed by atoms with Crippen LogP contribution < -0.4 is 0 Å². The molecule has 0 aliphatic heterocycles. The van der Waals surface area contributed by atoms with Crippen molar-refractivity contribution >= 4 is 5.97 Å². The maximum Gasteiger partial charge on any atom is 0.313 e. The first-order valence-electron chi connectivity index (χ1n) is 6.25. The van der Waals surface area contributed by atoms with Crippen LogP contribution in [0.3, 0.4) is 0 Å². The highest BCUT2D eigenvalue weighted by Gasteiger charge is 2.25. The third kappa shape index (κ3) is 2.99. The molecular formula is C15H15FN2O2. The van der Waals surface area contributed by atoms with Gasteiger partial charge in [-0.15, -0.1) is 0 Å². The van der Waals surface area contributed by atoms with Crippen molar-refractivity contribution in [2.75, 3.05) is 0 Å². The van der Waals surface area contributed by atoms with Gasteiger partial charge in [0.25, 0.3) is 0 Å². The van der Waals surface area contributed by atoms with Gasteiger partial charge in [-0.1, -0.05) is 18.2 Å². The van der Waals surface area contributed by atoms with E-state index in [0.29, 0.717) is 22.6 Å². The first-order chi connectivity index (χ1) is 9.49. The molecule has 0 fully saturated rings. The Morgan fingerprint density at radius 3 is 2.70 bits per heavy atom. The topological polar surface area (TPSA) is 63.1 Å². The van der Waals surface area contributed by atoms with E-state index in [9.17, 15) is 14.3 Å². The molecule has 2 rings (SSSR count). The van der Waals surface area contributed by atoms with E-state index < -0.39 is 17.7 Å². The van der Waals surface area contributed by atoms with Crippen LogP contribution in [0.25, 0.3) is 0 Å². The largest absolute Gasteiger partial charge is 0.481 e. The molecule has 0 aliphatic carbocycles. The standard InChI is InChI=1S/C15H15FN2O2/c1-9-8-17-10(2)14(18-9)12(15(19)20)7-11-5-3-4-6-13(11)16/h3-6,8,12H,7H2,1-2H3,(H,19,20). The summed E-state index contributed by atoms with van der Waals surface area (Å²) in [5.74, 6) is -2.34. The van der Waals surface area contributed by atoms with Gasteiger partial charge in [-0.25, -0.2) is 4.39 Å². The van der Waals surface area contributed by atoms with Crippen molar-refractivity contribution in [3.63, 3.8) is 0 Å². The predicted molar refractivity (Wildman–Crippen MR) is 72.0 cm³/mol. The van der Waals surface area contributed by atoms with E-state index in [2.05, 4.69) is 9.97 Å². The van der Waals surface area contributed by atoms with Crippen molar-refractivity contribution in [3.8, 4) is 0 Å². The van der Waals surface area contributed by atoms with E-state index in [-0.39, 0.29) is 6.42 Å². The molecule has 4 nitrogen and oxygen atoms in total. The van der Waals surface area contributed by atoms with Crippen molar-refractivity contribution in [1.82, 2.24) is 9.97 Å². The summed E-state index contributed by atoms with van der Waals surface area (Å²) in [6, 6.07) is 6.17. The second-order valence-corrected chi connectivity index (χ2v) is 4.67. The number of rotatable bonds is 4. The average Bonchev–Trinajstić information content (AvgIpc) is 2.40. The molecule has 0 saturated heterocycles. The minimum atomic E-state index is -1.03. The van der Waals surface area contributed by atoms with Crippen LogP contribution in [0, 0.1) is 19.7 Å². The summed E-state index contributed by atoms with van der Waals surface area (Å²) in [5.41, 5.74) is 1.95. The van der Waals surface area contributed by atoms with Crippen molar-refractivity contribution in [3.05, 3.63) is 58.9 Å². The Hall–Kier alpha value is -2.30. The molecule has 0 saturated carbocycles. The van der Waals surface area contributed by atoms with Gasteiger partial charge in [0, 0.05) is 6.20 Å². The number of hydrogen-bond acceptors (Lipinski definition) is 3. The fourth-order valence-corrected chi connectivity index (χ4v) is 2.07. The average molecular weight is 274 g/mol. The van der Waals surface area contributed by atoms with E-state index in [1.54, 1.807) is 38.2 Å². The third-order valence-electron chi connectivity index (χ3n) is 3.12. The van der Waals surface area contributed by atoms with Gasteiger partial charge in [0.2, 0.25) is 0 Å². The lowest BCUT2D eigenvalue weighted by Gasteiger charge is -2.14.